The Bertz CT molecular complexity index is 542. The van der Waals surface area contributed by atoms with E-state index in [-0.39, 0.29) is 5.92 Å². The normalized spacial score (nSPS) is 17.3. The lowest BCUT2D eigenvalue weighted by atomic mass is 9.95. The monoisotopic (exact) mass is 274 g/mol. The molecule has 0 aromatic heterocycles. The summed E-state index contributed by atoms with van der Waals surface area (Å²) in [4.78, 5) is 37.6. The van der Waals surface area contributed by atoms with Crippen LogP contribution < -0.4 is 4.90 Å². The van der Waals surface area contributed by atoms with Crippen molar-refractivity contribution in [2.45, 2.75) is 19.3 Å². The molecular weight excluding hydrogens is 256 g/mol. The summed E-state index contributed by atoms with van der Waals surface area (Å²) in [7, 11) is 1.62. The Hall–Kier alpha value is -2.17. The number of benzene rings is 1. The van der Waals surface area contributed by atoms with Crippen LogP contribution in [0.4, 0.5) is 5.69 Å². The molecule has 0 bridgehead atoms. The number of para-hydroxylation sites is 1. The van der Waals surface area contributed by atoms with Gasteiger partial charge in [0.25, 0.3) is 0 Å². The van der Waals surface area contributed by atoms with Gasteiger partial charge in [0.1, 0.15) is 6.29 Å². The van der Waals surface area contributed by atoms with E-state index < -0.39 is 11.8 Å². The van der Waals surface area contributed by atoms with E-state index in [4.69, 9.17) is 0 Å². The molecule has 1 atom stereocenters. The van der Waals surface area contributed by atoms with Gasteiger partial charge in [-0.25, -0.2) is 0 Å². The zero-order valence-electron chi connectivity index (χ0n) is 11.7. The zero-order chi connectivity index (χ0) is 14.7. The van der Waals surface area contributed by atoms with Gasteiger partial charge in [0.2, 0.25) is 0 Å². The topological polar surface area (TPSA) is 57.7 Å². The molecule has 5 heteroatoms. The van der Waals surface area contributed by atoms with Crippen LogP contribution in [0.2, 0.25) is 0 Å². The molecule has 2 amide bonds. The number of amides is 2. The predicted octanol–water partition coefficient (Wildman–Crippen LogP) is 1.18. The predicted molar refractivity (Wildman–Crippen MR) is 75.5 cm³/mol. The van der Waals surface area contributed by atoms with Crippen molar-refractivity contribution in [2.24, 2.45) is 0 Å². The second kappa shape index (κ2) is 5.86. The van der Waals surface area contributed by atoms with Crippen LogP contribution in [0.5, 0.6) is 0 Å². The summed E-state index contributed by atoms with van der Waals surface area (Å²) in [6, 6.07) is 7.44. The van der Waals surface area contributed by atoms with Gasteiger partial charge >= 0.3 is 11.8 Å². The average Bonchev–Trinajstić information content (AvgIpc) is 2.45. The summed E-state index contributed by atoms with van der Waals surface area (Å²) < 4.78 is 0. The third-order valence-corrected chi connectivity index (χ3v) is 3.64. The fourth-order valence-corrected chi connectivity index (χ4v) is 2.38. The Balaban J connectivity index is 2.35. The molecule has 5 nitrogen and oxygen atoms in total. The highest BCUT2D eigenvalue weighted by atomic mass is 16.2. The van der Waals surface area contributed by atoms with Crippen LogP contribution in [0.25, 0.3) is 0 Å². The molecule has 1 aliphatic rings. The van der Waals surface area contributed by atoms with Crippen molar-refractivity contribution in [3.8, 4) is 0 Å². The van der Waals surface area contributed by atoms with Gasteiger partial charge in [-0.05, 0) is 17.5 Å². The van der Waals surface area contributed by atoms with Gasteiger partial charge in [0.05, 0.1) is 0 Å². The van der Waals surface area contributed by atoms with Crippen LogP contribution >= 0.6 is 0 Å². The molecule has 0 spiro atoms. The first-order valence-electron chi connectivity index (χ1n) is 6.65. The van der Waals surface area contributed by atoms with Crippen molar-refractivity contribution in [3.05, 3.63) is 29.8 Å². The molecule has 1 unspecified atom stereocenters. The van der Waals surface area contributed by atoms with Crippen molar-refractivity contribution in [3.63, 3.8) is 0 Å². The quantitative estimate of drug-likeness (QED) is 0.612. The number of nitrogens with zero attached hydrogens (tertiary/aromatic N) is 2. The minimum atomic E-state index is -0.510. The smallest absolute Gasteiger partial charge is 0.316 e. The first-order valence-corrected chi connectivity index (χ1v) is 6.65. The second-order valence-electron chi connectivity index (χ2n) is 5.05. The molecule has 1 aromatic rings. The summed E-state index contributed by atoms with van der Waals surface area (Å²) in [5.74, 6) is -0.982. The number of carbonyl (C=O) groups is 3. The van der Waals surface area contributed by atoms with Crippen LogP contribution in [-0.2, 0) is 14.4 Å². The minimum absolute atomic E-state index is 0.0197. The lowest BCUT2D eigenvalue weighted by molar-refractivity contribution is -0.145. The van der Waals surface area contributed by atoms with E-state index in [1.807, 2.05) is 31.2 Å². The van der Waals surface area contributed by atoms with Gasteiger partial charge in [-0.2, -0.15) is 0 Å². The third-order valence-electron chi connectivity index (χ3n) is 3.64. The first kappa shape index (κ1) is 14.2. The molecule has 1 saturated heterocycles. The number of piperazine rings is 1. The molecule has 0 radical (unpaired) electrons. The van der Waals surface area contributed by atoms with Crippen molar-refractivity contribution in [1.29, 1.82) is 0 Å². The number of anilines is 1. The fourth-order valence-electron chi connectivity index (χ4n) is 2.38. The maximum atomic E-state index is 12.1. The lowest BCUT2D eigenvalue weighted by Gasteiger charge is -2.33. The van der Waals surface area contributed by atoms with Crippen LogP contribution in [0.3, 0.4) is 0 Å². The third kappa shape index (κ3) is 2.57. The van der Waals surface area contributed by atoms with Crippen LogP contribution in [0.15, 0.2) is 24.3 Å². The zero-order valence-corrected chi connectivity index (χ0v) is 11.7. The highest BCUT2D eigenvalue weighted by molar-refractivity contribution is 6.41. The molecule has 1 aliphatic heterocycles. The molecule has 0 saturated carbocycles. The molecule has 2 rings (SSSR count). The van der Waals surface area contributed by atoms with Crippen molar-refractivity contribution < 1.29 is 14.4 Å². The van der Waals surface area contributed by atoms with Crippen LogP contribution in [0.1, 0.15) is 24.8 Å². The Morgan fingerprint density at radius 2 is 1.90 bits per heavy atom. The highest BCUT2D eigenvalue weighted by Crippen LogP contribution is 2.30. The highest BCUT2D eigenvalue weighted by Gasteiger charge is 2.32. The standard InChI is InChI=1S/C15H18N2O3/c1-11(7-10-18)12-5-3-4-6-13(12)17-9-8-16(2)14(19)15(17)20/h3-6,10-11H,7-9H2,1-2H3. The van der Waals surface area contributed by atoms with Crippen molar-refractivity contribution >= 4 is 23.8 Å². The largest absolute Gasteiger partial charge is 0.336 e. The Morgan fingerprint density at radius 3 is 2.60 bits per heavy atom. The molecule has 1 fully saturated rings. The molecule has 106 valence electrons. The van der Waals surface area contributed by atoms with E-state index in [1.54, 1.807) is 7.05 Å². The number of carbonyl (C=O) groups excluding carboxylic acids is 3. The molecule has 20 heavy (non-hydrogen) atoms. The van der Waals surface area contributed by atoms with Gasteiger partial charge in [-0.3, -0.25) is 9.59 Å². The van der Waals surface area contributed by atoms with Gasteiger partial charge in [-0.15, -0.1) is 0 Å². The van der Waals surface area contributed by atoms with E-state index in [1.165, 1.54) is 9.80 Å². The van der Waals surface area contributed by atoms with Gasteiger partial charge in [0, 0.05) is 32.2 Å². The van der Waals surface area contributed by atoms with Crippen LogP contribution in [-0.4, -0.2) is 43.1 Å². The number of hydrogen-bond donors (Lipinski definition) is 0. The molecule has 1 heterocycles. The van der Waals surface area contributed by atoms with E-state index in [0.29, 0.717) is 19.5 Å². The fraction of sp³-hybridized carbons (Fsp3) is 0.400. The average molecular weight is 274 g/mol. The number of rotatable bonds is 4. The Labute approximate surface area is 118 Å². The summed E-state index contributed by atoms with van der Waals surface area (Å²) in [5, 5.41) is 0. The van der Waals surface area contributed by atoms with Crippen LogP contribution in [0, 0.1) is 0 Å². The van der Waals surface area contributed by atoms with E-state index in [2.05, 4.69) is 0 Å². The van der Waals surface area contributed by atoms with Gasteiger partial charge in [-0.1, -0.05) is 25.1 Å². The molecular formula is C15H18N2O3. The Kier molecular flexibility index (Phi) is 4.17. The SMILES string of the molecule is CC(CC=O)c1ccccc1N1CCN(C)C(=O)C1=O. The molecule has 1 aromatic carbocycles. The second-order valence-corrected chi connectivity index (χ2v) is 5.05. The van der Waals surface area contributed by atoms with E-state index >= 15 is 0 Å². The molecule has 0 aliphatic carbocycles. The maximum absolute atomic E-state index is 12.1. The van der Waals surface area contributed by atoms with Crippen molar-refractivity contribution in [1.82, 2.24) is 4.90 Å². The molecule has 0 N–H and O–H groups in total. The first-order chi connectivity index (χ1) is 9.56. The van der Waals surface area contributed by atoms with E-state index in [9.17, 15) is 14.4 Å². The summed E-state index contributed by atoms with van der Waals surface area (Å²) in [5.41, 5.74) is 1.65. The number of likely N-dealkylation sites (N-methyl/N-ethyl adjacent to an activating group) is 1. The van der Waals surface area contributed by atoms with Gasteiger partial charge in [0.15, 0.2) is 0 Å². The minimum Gasteiger partial charge on any atom is -0.336 e. The Morgan fingerprint density at radius 1 is 1.20 bits per heavy atom. The maximum Gasteiger partial charge on any atom is 0.316 e. The number of hydrogen-bond acceptors (Lipinski definition) is 3. The van der Waals surface area contributed by atoms with Gasteiger partial charge < -0.3 is 14.6 Å². The summed E-state index contributed by atoms with van der Waals surface area (Å²) in [6.07, 6.45) is 1.27. The summed E-state index contributed by atoms with van der Waals surface area (Å²) >= 11 is 0. The lowest BCUT2D eigenvalue weighted by Crippen LogP contribution is -2.53. The number of aldehydes is 1. The van der Waals surface area contributed by atoms with E-state index in [0.717, 1.165) is 17.5 Å². The van der Waals surface area contributed by atoms with Crippen molar-refractivity contribution in [2.75, 3.05) is 25.0 Å². The summed E-state index contributed by atoms with van der Waals surface area (Å²) in [6.45, 7) is 2.93.